The number of nitrogens with one attached hydrogen (secondary N) is 1. The lowest BCUT2D eigenvalue weighted by Gasteiger charge is -2.26. The number of benzene rings is 1. The van der Waals surface area contributed by atoms with Crippen molar-refractivity contribution in [3.63, 3.8) is 0 Å². The number of aryl methyl sites for hydroxylation is 1. The molecule has 1 aromatic heterocycles. The van der Waals surface area contributed by atoms with Crippen LogP contribution in [0.15, 0.2) is 36.5 Å². The zero-order chi connectivity index (χ0) is 16.1. The number of aromatic nitrogens is 2. The van der Waals surface area contributed by atoms with Crippen molar-refractivity contribution in [2.75, 3.05) is 23.3 Å². The van der Waals surface area contributed by atoms with Gasteiger partial charge in [-0.3, -0.25) is 4.79 Å². The van der Waals surface area contributed by atoms with Crippen LogP contribution in [-0.2, 0) is 6.42 Å². The monoisotopic (exact) mass is 310 g/mol. The summed E-state index contributed by atoms with van der Waals surface area (Å²) in [6.07, 6.45) is 6.21. The van der Waals surface area contributed by atoms with Gasteiger partial charge in [0.1, 0.15) is 5.69 Å². The Kier molecular flexibility index (Phi) is 4.86. The van der Waals surface area contributed by atoms with Gasteiger partial charge in [0.15, 0.2) is 0 Å². The first kappa shape index (κ1) is 15.5. The number of carbonyl (C=O) groups excluding carboxylic acids is 1. The number of amides is 1. The second-order valence-electron chi connectivity index (χ2n) is 5.79. The second-order valence-corrected chi connectivity index (χ2v) is 5.79. The minimum absolute atomic E-state index is 0.199. The third kappa shape index (κ3) is 3.86. The summed E-state index contributed by atoms with van der Waals surface area (Å²) in [5.74, 6) is 0.452. The molecule has 23 heavy (non-hydrogen) atoms. The first-order valence-corrected chi connectivity index (χ1v) is 8.24. The predicted molar refractivity (Wildman–Crippen MR) is 91.9 cm³/mol. The van der Waals surface area contributed by atoms with Crippen molar-refractivity contribution in [2.45, 2.75) is 32.6 Å². The third-order valence-corrected chi connectivity index (χ3v) is 4.13. The highest BCUT2D eigenvalue weighted by atomic mass is 16.1. The van der Waals surface area contributed by atoms with Gasteiger partial charge in [-0.25, -0.2) is 9.97 Å². The molecule has 3 rings (SSSR count). The van der Waals surface area contributed by atoms with E-state index < -0.39 is 0 Å². The van der Waals surface area contributed by atoms with E-state index in [0.29, 0.717) is 11.6 Å². The molecule has 5 heteroatoms. The molecule has 0 saturated carbocycles. The molecule has 0 atom stereocenters. The van der Waals surface area contributed by atoms with Crippen molar-refractivity contribution >= 4 is 17.5 Å². The molecule has 1 amide bonds. The van der Waals surface area contributed by atoms with Crippen LogP contribution in [0.5, 0.6) is 0 Å². The predicted octanol–water partition coefficient (Wildman–Crippen LogP) is 3.28. The third-order valence-electron chi connectivity index (χ3n) is 4.13. The first-order chi connectivity index (χ1) is 11.3. The van der Waals surface area contributed by atoms with E-state index in [0.717, 1.165) is 38.0 Å². The summed E-state index contributed by atoms with van der Waals surface area (Å²) in [7, 11) is 0. The van der Waals surface area contributed by atoms with E-state index in [9.17, 15) is 4.79 Å². The fourth-order valence-electron chi connectivity index (χ4n) is 2.74. The van der Waals surface area contributed by atoms with E-state index >= 15 is 0 Å². The molecule has 0 radical (unpaired) electrons. The van der Waals surface area contributed by atoms with Gasteiger partial charge in [0.25, 0.3) is 5.91 Å². The fourth-order valence-corrected chi connectivity index (χ4v) is 2.74. The summed E-state index contributed by atoms with van der Waals surface area (Å²) in [5.41, 5.74) is 2.43. The molecule has 0 bridgehead atoms. The van der Waals surface area contributed by atoms with Crippen molar-refractivity contribution in [1.82, 2.24) is 9.97 Å². The zero-order valence-corrected chi connectivity index (χ0v) is 13.5. The number of hydrogen-bond donors (Lipinski definition) is 1. The Balaban J connectivity index is 1.71. The highest BCUT2D eigenvalue weighted by Crippen LogP contribution is 2.16. The van der Waals surface area contributed by atoms with Crippen molar-refractivity contribution in [2.24, 2.45) is 0 Å². The van der Waals surface area contributed by atoms with Gasteiger partial charge in [-0.15, -0.1) is 0 Å². The molecule has 0 aliphatic carbocycles. The average molecular weight is 310 g/mol. The Bertz CT molecular complexity index is 663. The maximum absolute atomic E-state index is 12.4. The molecule has 2 heterocycles. The molecule has 0 spiro atoms. The van der Waals surface area contributed by atoms with Crippen LogP contribution >= 0.6 is 0 Å². The zero-order valence-electron chi connectivity index (χ0n) is 13.5. The molecule has 1 fully saturated rings. The standard InChI is InChI=1S/C18H22N4O/c1-2-14-6-8-15(9-7-14)20-17(23)16-10-11-19-18(21-16)22-12-4-3-5-13-22/h6-11H,2-5,12-13H2,1H3,(H,20,23). The van der Waals surface area contributed by atoms with Gasteiger partial charge in [-0.2, -0.15) is 0 Å². The van der Waals surface area contributed by atoms with E-state index in [1.165, 1.54) is 12.0 Å². The molecule has 1 N–H and O–H groups in total. The van der Waals surface area contributed by atoms with E-state index in [1.54, 1.807) is 12.3 Å². The number of hydrogen-bond acceptors (Lipinski definition) is 4. The number of rotatable bonds is 4. The van der Waals surface area contributed by atoms with Crippen LogP contribution in [0.4, 0.5) is 11.6 Å². The maximum Gasteiger partial charge on any atom is 0.274 e. The maximum atomic E-state index is 12.4. The largest absolute Gasteiger partial charge is 0.341 e. The molecule has 1 aliphatic rings. The lowest BCUT2D eigenvalue weighted by molar-refractivity contribution is 0.102. The molecule has 120 valence electrons. The molecule has 1 saturated heterocycles. The SMILES string of the molecule is CCc1ccc(NC(=O)c2ccnc(N3CCCCC3)n2)cc1. The Hall–Kier alpha value is -2.43. The van der Waals surface area contributed by atoms with E-state index in [2.05, 4.69) is 27.1 Å². The fraction of sp³-hybridized carbons (Fsp3) is 0.389. The van der Waals surface area contributed by atoms with E-state index in [-0.39, 0.29) is 5.91 Å². The topological polar surface area (TPSA) is 58.1 Å². The van der Waals surface area contributed by atoms with Crippen LogP contribution in [0.25, 0.3) is 0 Å². The van der Waals surface area contributed by atoms with Crippen LogP contribution in [-0.4, -0.2) is 29.0 Å². The highest BCUT2D eigenvalue weighted by Gasteiger charge is 2.15. The quantitative estimate of drug-likeness (QED) is 0.941. The molecule has 2 aromatic rings. The van der Waals surface area contributed by atoms with Crippen LogP contribution in [0, 0.1) is 0 Å². The summed E-state index contributed by atoms with van der Waals surface area (Å²) in [4.78, 5) is 23.3. The van der Waals surface area contributed by atoms with Gasteiger partial charge < -0.3 is 10.2 Å². The van der Waals surface area contributed by atoms with Gasteiger partial charge in [0.05, 0.1) is 0 Å². The number of piperidine rings is 1. The van der Waals surface area contributed by atoms with Crippen molar-refractivity contribution in [3.05, 3.63) is 47.8 Å². The van der Waals surface area contributed by atoms with Crippen LogP contribution < -0.4 is 10.2 Å². The number of nitrogens with zero attached hydrogens (tertiary/aromatic N) is 3. The van der Waals surface area contributed by atoms with Crippen LogP contribution in [0.3, 0.4) is 0 Å². The Morgan fingerprint density at radius 1 is 1.13 bits per heavy atom. The molecule has 0 unspecified atom stereocenters. The van der Waals surface area contributed by atoms with Crippen molar-refractivity contribution in [1.29, 1.82) is 0 Å². The summed E-state index contributed by atoms with van der Waals surface area (Å²) >= 11 is 0. The van der Waals surface area contributed by atoms with E-state index in [1.807, 2.05) is 24.3 Å². The van der Waals surface area contributed by atoms with Gasteiger partial charge in [0, 0.05) is 25.0 Å². The van der Waals surface area contributed by atoms with Crippen molar-refractivity contribution < 1.29 is 4.79 Å². The Morgan fingerprint density at radius 3 is 2.57 bits per heavy atom. The summed E-state index contributed by atoms with van der Waals surface area (Å²) in [6.45, 7) is 4.03. The van der Waals surface area contributed by atoms with Gasteiger partial charge in [-0.1, -0.05) is 19.1 Å². The number of carbonyl (C=O) groups is 1. The lowest BCUT2D eigenvalue weighted by atomic mass is 10.1. The summed E-state index contributed by atoms with van der Waals surface area (Å²) in [6, 6.07) is 9.54. The van der Waals surface area contributed by atoms with Crippen LogP contribution in [0.2, 0.25) is 0 Å². The molecular weight excluding hydrogens is 288 g/mol. The summed E-state index contributed by atoms with van der Waals surface area (Å²) < 4.78 is 0. The smallest absolute Gasteiger partial charge is 0.274 e. The van der Waals surface area contributed by atoms with Crippen molar-refractivity contribution in [3.8, 4) is 0 Å². The lowest BCUT2D eigenvalue weighted by Crippen LogP contribution is -2.31. The minimum atomic E-state index is -0.199. The van der Waals surface area contributed by atoms with Gasteiger partial charge >= 0.3 is 0 Å². The molecular formula is C18H22N4O. The van der Waals surface area contributed by atoms with E-state index in [4.69, 9.17) is 0 Å². The Morgan fingerprint density at radius 2 is 1.87 bits per heavy atom. The molecule has 1 aromatic carbocycles. The average Bonchev–Trinajstić information content (AvgIpc) is 2.63. The van der Waals surface area contributed by atoms with Gasteiger partial charge in [0.2, 0.25) is 5.95 Å². The normalized spacial score (nSPS) is 14.6. The van der Waals surface area contributed by atoms with Gasteiger partial charge in [-0.05, 0) is 49.4 Å². The Labute approximate surface area is 136 Å². The minimum Gasteiger partial charge on any atom is -0.341 e. The number of anilines is 2. The first-order valence-electron chi connectivity index (χ1n) is 8.24. The second kappa shape index (κ2) is 7.22. The molecule has 1 aliphatic heterocycles. The van der Waals surface area contributed by atoms with Crippen LogP contribution in [0.1, 0.15) is 42.2 Å². The highest BCUT2D eigenvalue weighted by molar-refractivity contribution is 6.02. The summed E-state index contributed by atoms with van der Waals surface area (Å²) in [5, 5.41) is 2.89. The molecule has 5 nitrogen and oxygen atoms in total.